The maximum Gasteiger partial charge on any atom is 0.0951 e. The van der Waals surface area contributed by atoms with Gasteiger partial charge in [0.1, 0.15) is 0 Å². The molecule has 0 spiro atoms. The van der Waals surface area contributed by atoms with Crippen molar-refractivity contribution in [2.24, 2.45) is 0 Å². The normalized spacial score (nSPS) is 12.4. The predicted octanol–water partition coefficient (Wildman–Crippen LogP) is 2.81. The molecule has 1 unspecified atom stereocenters. The third-order valence-electron chi connectivity index (χ3n) is 3.22. The van der Waals surface area contributed by atoms with E-state index < -0.39 is 0 Å². The van der Waals surface area contributed by atoms with Crippen molar-refractivity contribution in [3.8, 4) is 5.69 Å². The van der Waals surface area contributed by atoms with E-state index in [4.69, 9.17) is 0 Å². The summed E-state index contributed by atoms with van der Waals surface area (Å²) in [7, 11) is 0. The van der Waals surface area contributed by atoms with E-state index in [2.05, 4.69) is 32.9 Å². The van der Waals surface area contributed by atoms with Crippen LogP contribution >= 0.6 is 11.3 Å². The SMILES string of the molecule is CCCNC(c1cscn1)c1cnnn1-c1ccccc1. The van der Waals surface area contributed by atoms with Crippen LogP contribution in [0.5, 0.6) is 0 Å². The van der Waals surface area contributed by atoms with Crippen molar-refractivity contribution in [2.45, 2.75) is 19.4 Å². The number of nitrogens with zero attached hydrogens (tertiary/aromatic N) is 4. The Morgan fingerprint density at radius 1 is 1.29 bits per heavy atom. The van der Waals surface area contributed by atoms with Crippen LogP contribution in [0.2, 0.25) is 0 Å². The molecule has 0 fully saturated rings. The van der Waals surface area contributed by atoms with Crippen LogP contribution in [0.3, 0.4) is 0 Å². The Kier molecular flexibility index (Phi) is 4.37. The summed E-state index contributed by atoms with van der Waals surface area (Å²) in [5.41, 5.74) is 4.86. The smallest absolute Gasteiger partial charge is 0.0951 e. The second kappa shape index (κ2) is 6.60. The lowest BCUT2D eigenvalue weighted by Gasteiger charge is -2.17. The van der Waals surface area contributed by atoms with Gasteiger partial charge in [0, 0.05) is 5.38 Å². The van der Waals surface area contributed by atoms with Crippen molar-refractivity contribution < 1.29 is 0 Å². The van der Waals surface area contributed by atoms with Crippen molar-refractivity contribution in [3.05, 3.63) is 58.8 Å². The zero-order valence-electron chi connectivity index (χ0n) is 11.8. The van der Waals surface area contributed by atoms with Crippen molar-refractivity contribution in [2.75, 3.05) is 6.54 Å². The highest BCUT2D eigenvalue weighted by atomic mass is 32.1. The number of aromatic nitrogens is 4. The maximum atomic E-state index is 4.45. The summed E-state index contributed by atoms with van der Waals surface area (Å²) in [6.45, 7) is 3.07. The molecule has 3 aromatic rings. The molecule has 0 bridgehead atoms. The van der Waals surface area contributed by atoms with Crippen molar-refractivity contribution in [3.63, 3.8) is 0 Å². The summed E-state index contributed by atoms with van der Waals surface area (Å²) in [6.07, 6.45) is 2.87. The van der Waals surface area contributed by atoms with Crippen LogP contribution in [0.1, 0.15) is 30.8 Å². The van der Waals surface area contributed by atoms with Crippen LogP contribution in [0.15, 0.2) is 47.4 Å². The zero-order chi connectivity index (χ0) is 14.5. The first-order chi connectivity index (χ1) is 10.4. The Morgan fingerprint density at radius 2 is 2.14 bits per heavy atom. The minimum absolute atomic E-state index is 0.00593. The Hall–Kier alpha value is -2.05. The first kappa shape index (κ1) is 13.9. The second-order valence-electron chi connectivity index (χ2n) is 4.71. The highest BCUT2D eigenvalue weighted by Crippen LogP contribution is 2.23. The molecule has 0 aliphatic carbocycles. The molecule has 1 aromatic carbocycles. The number of rotatable bonds is 6. The highest BCUT2D eigenvalue weighted by molar-refractivity contribution is 7.07. The molecule has 1 atom stereocenters. The Morgan fingerprint density at radius 3 is 2.86 bits per heavy atom. The average molecular weight is 299 g/mol. The van der Waals surface area contributed by atoms with Crippen LogP contribution in [-0.4, -0.2) is 26.5 Å². The summed E-state index contributed by atoms with van der Waals surface area (Å²) in [5, 5.41) is 13.9. The monoisotopic (exact) mass is 299 g/mol. The van der Waals surface area contributed by atoms with Crippen LogP contribution < -0.4 is 5.32 Å². The second-order valence-corrected chi connectivity index (χ2v) is 5.43. The molecule has 6 heteroatoms. The molecule has 0 radical (unpaired) electrons. The standard InChI is InChI=1S/C15H17N5S/c1-2-8-16-15(13-10-21-11-17-13)14-9-18-19-20(14)12-6-4-3-5-7-12/h3-7,9-11,15-16H,2,8H2,1H3. The van der Waals surface area contributed by atoms with Gasteiger partial charge in [0.15, 0.2) is 0 Å². The van der Waals surface area contributed by atoms with Gasteiger partial charge in [0.2, 0.25) is 0 Å². The number of thiazole rings is 1. The van der Waals surface area contributed by atoms with Crippen molar-refractivity contribution in [1.82, 2.24) is 25.3 Å². The molecule has 0 amide bonds. The third kappa shape index (κ3) is 3.01. The average Bonchev–Trinajstić information content (AvgIpc) is 3.20. The van der Waals surface area contributed by atoms with Gasteiger partial charge in [-0.2, -0.15) is 0 Å². The van der Waals surface area contributed by atoms with Gasteiger partial charge in [-0.1, -0.05) is 30.3 Å². The van der Waals surface area contributed by atoms with Crippen LogP contribution in [-0.2, 0) is 0 Å². The summed E-state index contributed by atoms with van der Waals surface area (Å²) >= 11 is 1.60. The fraction of sp³-hybridized carbons (Fsp3) is 0.267. The topological polar surface area (TPSA) is 55.6 Å². The molecule has 108 valence electrons. The zero-order valence-corrected chi connectivity index (χ0v) is 12.6. The number of hydrogen-bond donors (Lipinski definition) is 1. The molecule has 2 aromatic heterocycles. The molecule has 0 aliphatic heterocycles. The van der Waals surface area contributed by atoms with Crippen LogP contribution in [0.25, 0.3) is 5.69 Å². The minimum Gasteiger partial charge on any atom is -0.304 e. The van der Waals surface area contributed by atoms with Gasteiger partial charge >= 0.3 is 0 Å². The fourth-order valence-electron chi connectivity index (χ4n) is 2.22. The quantitative estimate of drug-likeness (QED) is 0.760. The molecule has 5 nitrogen and oxygen atoms in total. The highest BCUT2D eigenvalue weighted by Gasteiger charge is 2.21. The number of para-hydroxylation sites is 1. The van der Waals surface area contributed by atoms with E-state index in [1.807, 2.05) is 40.5 Å². The molecule has 2 heterocycles. The molecule has 3 rings (SSSR count). The minimum atomic E-state index is 0.00593. The van der Waals surface area contributed by atoms with Gasteiger partial charge in [-0.3, -0.25) is 0 Å². The van der Waals surface area contributed by atoms with E-state index in [0.717, 1.165) is 30.0 Å². The number of benzene rings is 1. The van der Waals surface area contributed by atoms with Gasteiger partial charge in [0.25, 0.3) is 0 Å². The van der Waals surface area contributed by atoms with E-state index in [0.29, 0.717) is 0 Å². The first-order valence-corrected chi connectivity index (χ1v) is 7.92. The summed E-state index contributed by atoms with van der Waals surface area (Å²) < 4.78 is 1.87. The summed E-state index contributed by atoms with van der Waals surface area (Å²) in [4.78, 5) is 4.45. The lowest BCUT2D eigenvalue weighted by molar-refractivity contribution is 0.560. The number of hydrogen-bond acceptors (Lipinski definition) is 5. The van der Waals surface area contributed by atoms with E-state index in [-0.39, 0.29) is 6.04 Å². The predicted molar refractivity (Wildman–Crippen MR) is 83.6 cm³/mol. The fourth-order valence-corrected chi connectivity index (χ4v) is 2.80. The maximum absolute atomic E-state index is 4.45. The van der Waals surface area contributed by atoms with Crippen molar-refractivity contribution in [1.29, 1.82) is 0 Å². The van der Waals surface area contributed by atoms with E-state index in [1.54, 1.807) is 17.5 Å². The van der Waals surface area contributed by atoms with Gasteiger partial charge in [-0.25, -0.2) is 9.67 Å². The summed E-state index contributed by atoms with van der Waals surface area (Å²) in [5.74, 6) is 0. The molecule has 0 aliphatic rings. The van der Waals surface area contributed by atoms with Crippen LogP contribution in [0.4, 0.5) is 0 Å². The molecular weight excluding hydrogens is 282 g/mol. The van der Waals surface area contributed by atoms with E-state index >= 15 is 0 Å². The van der Waals surface area contributed by atoms with E-state index in [9.17, 15) is 0 Å². The third-order valence-corrected chi connectivity index (χ3v) is 3.82. The lowest BCUT2D eigenvalue weighted by atomic mass is 10.1. The Balaban J connectivity index is 1.99. The first-order valence-electron chi connectivity index (χ1n) is 6.97. The Bertz CT molecular complexity index is 662. The van der Waals surface area contributed by atoms with Gasteiger partial charge in [-0.05, 0) is 25.1 Å². The van der Waals surface area contributed by atoms with Gasteiger partial charge < -0.3 is 5.32 Å². The van der Waals surface area contributed by atoms with Gasteiger partial charge in [0.05, 0.1) is 34.8 Å². The molecule has 1 N–H and O–H groups in total. The lowest BCUT2D eigenvalue weighted by Crippen LogP contribution is -2.25. The molecule has 0 saturated carbocycles. The van der Waals surface area contributed by atoms with Crippen molar-refractivity contribution >= 4 is 11.3 Å². The molecule has 0 saturated heterocycles. The molecule has 21 heavy (non-hydrogen) atoms. The van der Waals surface area contributed by atoms with E-state index in [1.165, 1.54) is 0 Å². The summed E-state index contributed by atoms with van der Waals surface area (Å²) in [6, 6.07) is 10.0. The largest absolute Gasteiger partial charge is 0.304 e. The molecular formula is C15H17N5S. The van der Waals surface area contributed by atoms with Crippen LogP contribution in [0, 0.1) is 0 Å². The number of nitrogens with one attached hydrogen (secondary N) is 1. The Labute approximate surface area is 127 Å². The van der Waals surface area contributed by atoms with Gasteiger partial charge in [-0.15, -0.1) is 16.4 Å².